The summed E-state index contributed by atoms with van der Waals surface area (Å²) >= 11 is 0. The van der Waals surface area contributed by atoms with Gasteiger partial charge in [-0.3, -0.25) is 4.79 Å². The summed E-state index contributed by atoms with van der Waals surface area (Å²) in [5.74, 6) is -2.27. The molecule has 0 aromatic carbocycles. The van der Waals surface area contributed by atoms with Gasteiger partial charge in [-0.05, 0) is 48.5 Å². The maximum atomic E-state index is 12.4. The maximum Gasteiger partial charge on any atom is 0.338 e. The molecular weight excluding hydrogens is 470 g/mol. The highest BCUT2D eigenvalue weighted by atomic mass is 16.7. The van der Waals surface area contributed by atoms with E-state index in [0.29, 0.717) is 0 Å². The second-order valence-electron chi connectivity index (χ2n) is 10.7. The van der Waals surface area contributed by atoms with Gasteiger partial charge in [-0.15, -0.1) is 0 Å². The molecule has 0 spiro atoms. The number of carboxylic acid groups (broad SMARTS) is 1. The summed E-state index contributed by atoms with van der Waals surface area (Å²) in [4.78, 5) is 24.6. The molecular formula is C22H39NO12. The number of nitrogens with one attached hydrogen (secondary N) is 1. The van der Waals surface area contributed by atoms with Crippen molar-refractivity contribution in [2.75, 3.05) is 13.7 Å². The first-order chi connectivity index (χ1) is 15.6. The molecule has 2 aliphatic rings. The highest BCUT2D eigenvalue weighted by Gasteiger charge is 2.76. The van der Waals surface area contributed by atoms with Crippen molar-refractivity contribution in [2.45, 2.75) is 113 Å². The van der Waals surface area contributed by atoms with Crippen LogP contribution in [-0.2, 0) is 28.5 Å². The maximum absolute atomic E-state index is 12.4. The summed E-state index contributed by atoms with van der Waals surface area (Å²) in [5, 5.41) is 67.2. The quantitative estimate of drug-likeness (QED) is 0.212. The lowest BCUT2D eigenvalue weighted by atomic mass is 9.62. The van der Waals surface area contributed by atoms with E-state index < -0.39 is 76.3 Å². The Bertz CT molecular complexity index is 861. The number of carboxylic acids is 1. The number of ether oxygens (including phenoxy) is 4. The van der Waals surface area contributed by atoms with Crippen molar-refractivity contribution in [3.63, 3.8) is 0 Å². The number of hydrogen-bond donors (Lipinski definition) is 7. The van der Waals surface area contributed by atoms with Crippen molar-refractivity contribution >= 4 is 11.9 Å². The number of aliphatic carboxylic acids is 1. The van der Waals surface area contributed by atoms with Crippen LogP contribution in [0, 0.1) is 0 Å². The number of rotatable bonds is 6. The fourth-order valence-electron chi connectivity index (χ4n) is 5.16. The lowest BCUT2D eigenvalue weighted by molar-refractivity contribution is -0.446. The minimum absolute atomic E-state index is 0.618. The third-order valence-corrected chi connectivity index (χ3v) is 8.35. The topological polar surface area (TPSA) is 204 Å². The van der Waals surface area contributed by atoms with Gasteiger partial charge in [0.05, 0.1) is 6.61 Å². The Morgan fingerprint density at radius 3 is 1.89 bits per heavy atom. The highest BCUT2D eigenvalue weighted by molar-refractivity contribution is 5.80. The van der Waals surface area contributed by atoms with Gasteiger partial charge in [0.1, 0.15) is 39.6 Å². The van der Waals surface area contributed by atoms with E-state index >= 15 is 0 Å². The van der Waals surface area contributed by atoms with Crippen molar-refractivity contribution in [3.8, 4) is 0 Å². The van der Waals surface area contributed by atoms with E-state index in [1.54, 1.807) is 0 Å². The van der Waals surface area contributed by atoms with Gasteiger partial charge in [0.2, 0.25) is 5.91 Å². The SMILES string of the molecule is COC1C(C)(CO)OC(OC2(C)C(C)(C(=O)O)OC(O)C(C)(O)C2(C)O)C(C)(NC(C)=O)C1(C)O. The van der Waals surface area contributed by atoms with Gasteiger partial charge >= 0.3 is 5.97 Å². The number of aliphatic hydroxyl groups is 5. The zero-order valence-electron chi connectivity index (χ0n) is 21.6. The van der Waals surface area contributed by atoms with Crippen LogP contribution in [0.15, 0.2) is 0 Å². The summed E-state index contributed by atoms with van der Waals surface area (Å²) in [6.07, 6.45) is -5.11. The summed E-state index contributed by atoms with van der Waals surface area (Å²) in [7, 11) is 1.27. The molecule has 13 heteroatoms. The van der Waals surface area contributed by atoms with Crippen LogP contribution in [-0.4, -0.2) is 114 Å². The zero-order valence-corrected chi connectivity index (χ0v) is 21.6. The van der Waals surface area contributed by atoms with Crippen molar-refractivity contribution < 1.29 is 59.2 Å². The molecule has 2 fully saturated rings. The summed E-state index contributed by atoms with van der Waals surface area (Å²) in [5.41, 5.74) is -15.4. The highest BCUT2D eigenvalue weighted by Crippen LogP contribution is 2.54. The molecule has 2 rings (SSSR count). The largest absolute Gasteiger partial charge is 0.479 e. The molecule has 204 valence electrons. The third kappa shape index (κ3) is 3.80. The van der Waals surface area contributed by atoms with Crippen LogP contribution < -0.4 is 5.32 Å². The van der Waals surface area contributed by atoms with Gasteiger partial charge in [0.25, 0.3) is 0 Å². The second kappa shape index (κ2) is 8.57. The Kier molecular flexibility index (Phi) is 7.30. The molecule has 1 amide bonds. The zero-order chi connectivity index (χ0) is 27.6. The normalized spacial score (nSPS) is 52.7. The average molecular weight is 510 g/mol. The number of methoxy groups -OCH3 is 1. The molecule has 7 N–H and O–H groups in total. The standard InChI is InChI=1S/C22H39NO12/c1-11(25)23-17(3)15(34-16(2,10-24)12(32-9)18(17,4)29)35-22(8)20(6,13(26)27)33-14(28)19(5,30)21(22,7)31/h12,14-15,24,28-31H,10H2,1-9H3,(H,23,25)(H,26,27). The Morgan fingerprint density at radius 2 is 1.49 bits per heavy atom. The second-order valence-corrected chi connectivity index (χ2v) is 10.7. The minimum atomic E-state index is -2.52. The van der Waals surface area contributed by atoms with E-state index in [1.807, 2.05) is 0 Å². The number of hydrogen-bond acceptors (Lipinski definition) is 11. The van der Waals surface area contributed by atoms with Crippen molar-refractivity contribution in [2.24, 2.45) is 0 Å². The Labute approximate surface area is 203 Å². The van der Waals surface area contributed by atoms with E-state index in [4.69, 9.17) is 18.9 Å². The van der Waals surface area contributed by atoms with Crippen LogP contribution in [0.4, 0.5) is 0 Å². The van der Waals surface area contributed by atoms with Crippen molar-refractivity contribution in [3.05, 3.63) is 0 Å². The average Bonchev–Trinajstić information content (AvgIpc) is 2.70. The van der Waals surface area contributed by atoms with Crippen LogP contribution in [0.5, 0.6) is 0 Å². The van der Waals surface area contributed by atoms with Gasteiger partial charge < -0.3 is 54.9 Å². The number of carbonyl (C=O) groups excluding carboxylic acids is 1. The Hall–Kier alpha value is -1.42. The fraction of sp³-hybridized carbons (Fsp3) is 0.909. The van der Waals surface area contributed by atoms with Gasteiger partial charge in [0, 0.05) is 14.0 Å². The monoisotopic (exact) mass is 509 g/mol. The van der Waals surface area contributed by atoms with Crippen LogP contribution in [0.1, 0.15) is 55.4 Å². The van der Waals surface area contributed by atoms with Crippen LogP contribution in [0.3, 0.4) is 0 Å². The molecule has 10 unspecified atom stereocenters. The van der Waals surface area contributed by atoms with Crippen molar-refractivity contribution in [1.29, 1.82) is 0 Å². The Balaban J connectivity index is 2.81. The molecule has 2 heterocycles. The molecule has 2 aliphatic heterocycles. The van der Waals surface area contributed by atoms with E-state index in [2.05, 4.69) is 5.32 Å². The first-order valence-electron chi connectivity index (χ1n) is 11.1. The molecule has 0 radical (unpaired) electrons. The predicted octanol–water partition coefficient (Wildman–Crippen LogP) is -1.78. The molecule has 0 aromatic heterocycles. The van der Waals surface area contributed by atoms with Gasteiger partial charge in [-0.2, -0.15) is 0 Å². The smallest absolute Gasteiger partial charge is 0.338 e. The first-order valence-corrected chi connectivity index (χ1v) is 11.1. The fourth-order valence-corrected chi connectivity index (χ4v) is 5.16. The van der Waals surface area contributed by atoms with Crippen molar-refractivity contribution in [1.82, 2.24) is 5.32 Å². The molecule has 0 bridgehead atoms. The summed E-state index contributed by atoms with van der Waals surface area (Å²) in [6, 6.07) is 0. The molecule has 2 saturated heterocycles. The first kappa shape index (κ1) is 29.8. The van der Waals surface area contributed by atoms with Crippen LogP contribution >= 0.6 is 0 Å². The summed E-state index contributed by atoms with van der Waals surface area (Å²) in [6.45, 7) is 8.82. The van der Waals surface area contributed by atoms with E-state index in [9.17, 15) is 40.2 Å². The van der Waals surface area contributed by atoms with Crippen LogP contribution in [0.25, 0.3) is 0 Å². The molecule has 0 saturated carbocycles. The predicted molar refractivity (Wildman–Crippen MR) is 118 cm³/mol. The molecule has 13 nitrogen and oxygen atoms in total. The van der Waals surface area contributed by atoms with E-state index in [1.165, 1.54) is 34.8 Å². The lowest BCUT2D eigenvalue weighted by Gasteiger charge is -2.65. The van der Waals surface area contributed by atoms with Gasteiger partial charge in [0.15, 0.2) is 18.2 Å². The number of aliphatic hydroxyl groups excluding tert-OH is 2. The lowest BCUT2D eigenvalue weighted by Crippen LogP contribution is -2.86. The number of amides is 1. The summed E-state index contributed by atoms with van der Waals surface area (Å²) < 4.78 is 22.9. The number of carbonyl (C=O) groups is 2. The molecule has 35 heavy (non-hydrogen) atoms. The third-order valence-electron chi connectivity index (χ3n) is 8.35. The molecule has 0 aliphatic carbocycles. The van der Waals surface area contributed by atoms with E-state index in [-0.39, 0.29) is 0 Å². The Morgan fingerprint density at radius 1 is 0.971 bits per heavy atom. The minimum Gasteiger partial charge on any atom is -0.479 e. The van der Waals surface area contributed by atoms with Crippen LogP contribution in [0.2, 0.25) is 0 Å². The van der Waals surface area contributed by atoms with Gasteiger partial charge in [-0.1, -0.05) is 0 Å². The van der Waals surface area contributed by atoms with E-state index in [0.717, 1.165) is 27.7 Å². The molecule has 10 atom stereocenters. The molecule has 0 aromatic rings. The van der Waals surface area contributed by atoms with Gasteiger partial charge in [-0.25, -0.2) is 4.79 Å².